The van der Waals surface area contributed by atoms with Crippen LogP contribution >= 0.6 is 0 Å². The fraction of sp³-hybridized carbons (Fsp3) is 0.625. The Kier molecular flexibility index (Phi) is 7.97. The van der Waals surface area contributed by atoms with Crippen molar-refractivity contribution in [3.05, 3.63) is 34.4 Å². The highest BCUT2D eigenvalue weighted by atomic mass is 14.1. The van der Waals surface area contributed by atoms with E-state index in [0.29, 0.717) is 0 Å². The third kappa shape index (κ3) is 4.38. The van der Waals surface area contributed by atoms with Crippen LogP contribution in [0.25, 0.3) is 0 Å². The molecule has 1 rings (SSSR count). The van der Waals surface area contributed by atoms with Crippen molar-refractivity contribution in [1.29, 1.82) is 0 Å². The Labute approximate surface area is 102 Å². The van der Waals surface area contributed by atoms with Crippen molar-refractivity contribution >= 4 is 0 Å². The number of hydrogen-bond acceptors (Lipinski definition) is 0. The maximum absolute atomic E-state index is 2.36. The van der Waals surface area contributed by atoms with Gasteiger partial charge in [0.25, 0.3) is 0 Å². The van der Waals surface area contributed by atoms with Crippen LogP contribution in [-0.2, 0) is 0 Å². The van der Waals surface area contributed by atoms with E-state index >= 15 is 0 Å². The second-order valence-corrected chi connectivity index (χ2v) is 4.12. The molecule has 0 atom stereocenters. The molecule has 16 heavy (non-hydrogen) atoms. The van der Waals surface area contributed by atoms with E-state index in [1.54, 1.807) is 16.7 Å². The molecule has 0 bridgehead atoms. The zero-order chi connectivity index (χ0) is 12.6. The van der Waals surface area contributed by atoms with Gasteiger partial charge in [-0.05, 0) is 50.7 Å². The van der Waals surface area contributed by atoms with Gasteiger partial charge in [-0.25, -0.2) is 0 Å². The van der Waals surface area contributed by atoms with E-state index in [4.69, 9.17) is 0 Å². The van der Waals surface area contributed by atoms with E-state index in [1.165, 1.54) is 31.3 Å². The summed E-state index contributed by atoms with van der Waals surface area (Å²) in [5.74, 6) is 0. The zero-order valence-electron chi connectivity index (χ0n) is 12.0. The molecule has 0 aromatic rings. The minimum Gasteiger partial charge on any atom is -0.0813 e. The van der Waals surface area contributed by atoms with Gasteiger partial charge in [-0.15, -0.1) is 0 Å². The van der Waals surface area contributed by atoms with E-state index in [1.807, 2.05) is 13.8 Å². The lowest BCUT2D eigenvalue weighted by molar-refractivity contribution is 0.899. The summed E-state index contributed by atoms with van der Waals surface area (Å²) in [6.07, 6.45) is 9.51. The Morgan fingerprint density at radius 2 is 1.81 bits per heavy atom. The molecule has 0 aromatic carbocycles. The van der Waals surface area contributed by atoms with E-state index in [9.17, 15) is 0 Å². The fourth-order valence-corrected chi connectivity index (χ4v) is 2.12. The van der Waals surface area contributed by atoms with Crippen LogP contribution in [-0.4, -0.2) is 0 Å². The molecule has 1 aliphatic carbocycles. The summed E-state index contributed by atoms with van der Waals surface area (Å²) < 4.78 is 0. The van der Waals surface area contributed by atoms with Crippen LogP contribution in [0.2, 0.25) is 0 Å². The lowest BCUT2D eigenvalue weighted by Gasteiger charge is -2.17. The molecule has 92 valence electrons. The summed E-state index contributed by atoms with van der Waals surface area (Å²) in [4.78, 5) is 0. The molecule has 1 aliphatic rings. The first-order valence-electron chi connectivity index (χ1n) is 6.75. The van der Waals surface area contributed by atoms with Gasteiger partial charge in [0.2, 0.25) is 0 Å². The lowest BCUT2D eigenvalue weighted by Crippen LogP contribution is -1.97. The van der Waals surface area contributed by atoms with E-state index in [0.717, 1.165) is 0 Å². The molecular weight excluding hydrogens is 192 g/mol. The van der Waals surface area contributed by atoms with Crippen molar-refractivity contribution in [2.75, 3.05) is 0 Å². The van der Waals surface area contributed by atoms with Crippen molar-refractivity contribution in [3.8, 4) is 0 Å². The first kappa shape index (κ1) is 15.2. The van der Waals surface area contributed by atoms with Gasteiger partial charge in [0.1, 0.15) is 0 Å². The van der Waals surface area contributed by atoms with Crippen LogP contribution in [0.1, 0.15) is 67.2 Å². The summed E-state index contributed by atoms with van der Waals surface area (Å²) >= 11 is 0. The molecule has 0 radical (unpaired) electrons. The SMILES string of the molecule is CC.CC/C(C)=C(\CC)C1=CC(C)=CCC1. The van der Waals surface area contributed by atoms with Crippen LogP contribution in [0.5, 0.6) is 0 Å². The lowest BCUT2D eigenvalue weighted by atomic mass is 9.89. The van der Waals surface area contributed by atoms with Crippen molar-refractivity contribution in [3.63, 3.8) is 0 Å². The predicted octanol–water partition coefficient (Wildman–Crippen LogP) is 5.82. The van der Waals surface area contributed by atoms with Crippen molar-refractivity contribution < 1.29 is 0 Å². The normalized spacial score (nSPS) is 16.6. The summed E-state index contributed by atoms with van der Waals surface area (Å²) in [5, 5.41) is 0. The highest BCUT2D eigenvalue weighted by Gasteiger charge is 2.08. The van der Waals surface area contributed by atoms with Gasteiger partial charge in [-0.2, -0.15) is 0 Å². The first-order valence-corrected chi connectivity index (χ1v) is 6.75. The monoisotopic (exact) mass is 220 g/mol. The van der Waals surface area contributed by atoms with E-state index in [-0.39, 0.29) is 0 Å². The standard InChI is InChI=1S/C14H22.C2H6/c1-5-12(4)14(6-2)13-9-7-8-11(3)10-13;1-2/h8,10H,5-7,9H2,1-4H3;1-2H3/b14-12+;. The molecule has 0 fully saturated rings. The van der Waals surface area contributed by atoms with Gasteiger partial charge < -0.3 is 0 Å². The van der Waals surface area contributed by atoms with Crippen molar-refractivity contribution in [2.45, 2.75) is 67.2 Å². The van der Waals surface area contributed by atoms with E-state index < -0.39 is 0 Å². The summed E-state index contributed by atoms with van der Waals surface area (Å²) in [6.45, 7) is 13.0. The fourth-order valence-electron chi connectivity index (χ4n) is 2.12. The second-order valence-electron chi connectivity index (χ2n) is 4.12. The Bertz CT molecular complexity index is 287. The summed E-state index contributed by atoms with van der Waals surface area (Å²) in [6, 6.07) is 0. The topological polar surface area (TPSA) is 0 Å². The van der Waals surface area contributed by atoms with Crippen LogP contribution in [0.3, 0.4) is 0 Å². The van der Waals surface area contributed by atoms with E-state index in [2.05, 4.69) is 39.8 Å². The van der Waals surface area contributed by atoms with Crippen LogP contribution in [0.15, 0.2) is 34.4 Å². The molecule has 0 aromatic heterocycles. The zero-order valence-corrected chi connectivity index (χ0v) is 12.0. The Hall–Kier alpha value is -0.780. The van der Waals surface area contributed by atoms with Crippen molar-refractivity contribution in [1.82, 2.24) is 0 Å². The molecule has 0 saturated heterocycles. The maximum Gasteiger partial charge on any atom is -0.0241 e. The van der Waals surface area contributed by atoms with Crippen LogP contribution < -0.4 is 0 Å². The molecule has 0 aliphatic heterocycles. The molecule has 0 amide bonds. The van der Waals surface area contributed by atoms with Gasteiger partial charge in [0.05, 0.1) is 0 Å². The Morgan fingerprint density at radius 1 is 1.19 bits per heavy atom. The smallest absolute Gasteiger partial charge is 0.0241 e. The number of rotatable bonds is 3. The summed E-state index contributed by atoms with van der Waals surface area (Å²) in [5.41, 5.74) is 6.17. The van der Waals surface area contributed by atoms with Crippen LogP contribution in [0, 0.1) is 0 Å². The number of allylic oxidation sites excluding steroid dienone is 6. The average molecular weight is 220 g/mol. The van der Waals surface area contributed by atoms with Crippen molar-refractivity contribution in [2.24, 2.45) is 0 Å². The molecule has 0 nitrogen and oxygen atoms in total. The van der Waals surface area contributed by atoms with Gasteiger partial charge in [0, 0.05) is 0 Å². The molecule has 0 heterocycles. The Balaban J connectivity index is 0.00000106. The van der Waals surface area contributed by atoms with Gasteiger partial charge in [-0.1, -0.05) is 51.0 Å². The molecule has 0 heteroatoms. The Morgan fingerprint density at radius 3 is 2.25 bits per heavy atom. The summed E-state index contributed by atoms with van der Waals surface area (Å²) in [7, 11) is 0. The number of hydrogen-bond donors (Lipinski definition) is 0. The molecule has 0 spiro atoms. The highest BCUT2D eigenvalue weighted by Crippen LogP contribution is 2.28. The highest BCUT2D eigenvalue weighted by molar-refractivity contribution is 5.41. The second kappa shape index (κ2) is 8.38. The third-order valence-corrected chi connectivity index (χ3v) is 3.07. The maximum atomic E-state index is 2.36. The average Bonchev–Trinajstić information content (AvgIpc) is 2.32. The minimum absolute atomic E-state index is 1.18. The first-order chi connectivity index (χ1) is 7.69. The molecule has 0 saturated carbocycles. The third-order valence-electron chi connectivity index (χ3n) is 3.07. The molecular formula is C16H28. The van der Waals surface area contributed by atoms with Gasteiger partial charge in [-0.3, -0.25) is 0 Å². The molecule has 0 unspecified atom stereocenters. The quantitative estimate of drug-likeness (QED) is 0.562. The van der Waals surface area contributed by atoms with Crippen LogP contribution in [0.4, 0.5) is 0 Å². The van der Waals surface area contributed by atoms with Gasteiger partial charge >= 0.3 is 0 Å². The largest absolute Gasteiger partial charge is 0.0813 e. The molecule has 0 N–H and O–H groups in total. The predicted molar refractivity (Wildman–Crippen MR) is 75.7 cm³/mol. The van der Waals surface area contributed by atoms with Gasteiger partial charge in [0.15, 0.2) is 0 Å². The minimum atomic E-state index is 1.18.